The third kappa shape index (κ3) is 3.39. The van der Waals surface area contributed by atoms with Crippen molar-refractivity contribution in [1.29, 1.82) is 0 Å². The molecule has 2 heterocycles. The minimum Gasteiger partial charge on any atom is -0.457 e. The maximum Gasteiger partial charge on any atom is 0.355 e. The van der Waals surface area contributed by atoms with Gasteiger partial charge in [0.25, 0.3) is 0 Å². The Kier molecular flexibility index (Phi) is 5.54. The van der Waals surface area contributed by atoms with E-state index >= 15 is 0 Å². The Hall–Kier alpha value is -3.18. The number of rotatable bonds is 6. The second-order valence-corrected chi connectivity index (χ2v) is 8.30. The molecule has 1 saturated heterocycles. The second kappa shape index (κ2) is 8.16. The van der Waals surface area contributed by atoms with E-state index in [0.29, 0.717) is 0 Å². The second-order valence-electron chi connectivity index (χ2n) is 8.30. The van der Waals surface area contributed by atoms with Crippen LogP contribution in [0.2, 0.25) is 0 Å². The van der Waals surface area contributed by atoms with Gasteiger partial charge in [-0.25, -0.2) is 4.79 Å². The van der Waals surface area contributed by atoms with E-state index < -0.39 is 18.0 Å². The summed E-state index contributed by atoms with van der Waals surface area (Å²) >= 11 is 0. The fourth-order valence-corrected chi connectivity index (χ4v) is 4.84. The van der Waals surface area contributed by atoms with Gasteiger partial charge in [-0.1, -0.05) is 62.0 Å². The van der Waals surface area contributed by atoms with Crippen LogP contribution in [-0.2, 0) is 14.3 Å². The lowest BCUT2D eigenvalue weighted by atomic mass is 9.76. The van der Waals surface area contributed by atoms with Gasteiger partial charge in [0.1, 0.15) is 12.3 Å². The molecule has 1 fully saturated rings. The molecule has 0 unspecified atom stereocenters. The van der Waals surface area contributed by atoms with Gasteiger partial charge < -0.3 is 14.7 Å². The molecule has 0 bridgehead atoms. The van der Waals surface area contributed by atoms with Crippen LogP contribution in [0, 0.1) is 18.8 Å². The molecule has 0 aliphatic carbocycles. The number of nitrogens with zero attached hydrogens (tertiary/aromatic N) is 1. The van der Waals surface area contributed by atoms with Crippen LogP contribution in [0.3, 0.4) is 0 Å². The van der Waals surface area contributed by atoms with Crippen molar-refractivity contribution in [1.82, 2.24) is 4.90 Å². The van der Waals surface area contributed by atoms with Crippen LogP contribution in [0.15, 0.2) is 66.9 Å². The topological polar surface area (TPSA) is 66.8 Å². The normalized spacial score (nSPS) is 23.3. The number of fused-ring (bicyclic) bond motifs is 1. The molecule has 0 spiro atoms. The van der Waals surface area contributed by atoms with Crippen LogP contribution in [0.25, 0.3) is 16.7 Å². The summed E-state index contributed by atoms with van der Waals surface area (Å²) in [5.41, 5.74) is 5.13. The first kappa shape index (κ1) is 21.1. The molecule has 4 atom stereocenters. The lowest BCUT2D eigenvalue weighted by Gasteiger charge is -2.46. The summed E-state index contributed by atoms with van der Waals surface area (Å²) in [4.78, 5) is 27.4. The van der Waals surface area contributed by atoms with E-state index in [-0.39, 0.29) is 30.2 Å². The third-order valence-corrected chi connectivity index (χ3v) is 6.33. The molecule has 1 N–H and O–H groups in total. The van der Waals surface area contributed by atoms with Gasteiger partial charge in [0.2, 0.25) is 5.91 Å². The van der Waals surface area contributed by atoms with Crippen LogP contribution in [0.5, 0.6) is 0 Å². The van der Waals surface area contributed by atoms with Crippen molar-refractivity contribution in [2.45, 2.75) is 32.9 Å². The summed E-state index contributed by atoms with van der Waals surface area (Å²) in [5.74, 6) is -1.41. The zero-order valence-corrected chi connectivity index (χ0v) is 18.0. The molecule has 0 saturated carbocycles. The number of β-lactam (4-membered cyclic amide) rings is 1. The number of carbonyl (C=O) groups excluding carboxylic acids is 2. The van der Waals surface area contributed by atoms with Crippen LogP contribution in [-0.4, -0.2) is 40.6 Å². The van der Waals surface area contributed by atoms with Gasteiger partial charge in [0, 0.05) is 5.92 Å². The summed E-state index contributed by atoms with van der Waals surface area (Å²) in [5, 5.41) is 10.2. The van der Waals surface area contributed by atoms with E-state index in [9.17, 15) is 14.7 Å². The summed E-state index contributed by atoms with van der Waals surface area (Å²) in [6.07, 6.45) is 0.726. The van der Waals surface area contributed by atoms with E-state index in [2.05, 4.69) is 18.7 Å². The summed E-state index contributed by atoms with van der Waals surface area (Å²) < 4.78 is 5.36. The summed E-state index contributed by atoms with van der Waals surface area (Å²) in [6.45, 7) is 9.31. The number of esters is 1. The summed E-state index contributed by atoms with van der Waals surface area (Å²) in [6, 6.07) is 15.9. The number of aliphatic hydroxyl groups is 1. The molecule has 2 aliphatic heterocycles. The predicted octanol–water partition coefficient (Wildman–Crippen LogP) is 3.96. The molecule has 2 aromatic rings. The number of ether oxygens (including phenoxy) is 1. The quantitative estimate of drug-likeness (QED) is 0.439. The van der Waals surface area contributed by atoms with Crippen molar-refractivity contribution in [2.75, 3.05) is 6.61 Å². The van der Waals surface area contributed by atoms with Gasteiger partial charge in [0.05, 0.1) is 18.1 Å². The van der Waals surface area contributed by atoms with Gasteiger partial charge in [-0.15, -0.1) is 0 Å². The molecule has 4 rings (SSSR count). The Balaban J connectivity index is 1.86. The predicted molar refractivity (Wildman–Crippen MR) is 120 cm³/mol. The maximum absolute atomic E-state index is 13.0. The standard InChI is InChI=1S/C26H27NO4/c1-5-13-31-26(30)24-21(16(3)23-22(17(4)28)25(29)27(23)24)20-14-19(12-11-15(20)2)18-9-7-6-8-10-18/h5-12,14,16-17,22-23,28H,1,13H2,2-4H3/t16-,17+,22+,23+/m0/s1. The Morgan fingerprint density at radius 3 is 2.58 bits per heavy atom. The van der Waals surface area contributed by atoms with Crippen molar-refractivity contribution >= 4 is 17.4 Å². The fraction of sp³-hybridized carbons (Fsp3) is 0.308. The highest BCUT2D eigenvalue weighted by molar-refractivity contribution is 6.07. The molecule has 31 heavy (non-hydrogen) atoms. The highest BCUT2D eigenvalue weighted by Crippen LogP contribution is 2.51. The molecular weight excluding hydrogens is 390 g/mol. The third-order valence-electron chi connectivity index (χ3n) is 6.33. The monoisotopic (exact) mass is 417 g/mol. The van der Waals surface area contributed by atoms with E-state index in [0.717, 1.165) is 27.8 Å². The Bertz CT molecular complexity index is 1070. The first-order chi connectivity index (χ1) is 14.9. The number of aryl methyl sites for hydroxylation is 1. The average Bonchev–Trinajstić information content (AvgIpc) is 3.01. The average molecular weight is 418 g/mol. The molecule has 2 aliphatic rings. The first-order valence-electron chi connectivity index (χ1n) is 10.6. The van der Waals surface area contributed by atoms with Crippen molar-refractivity contribution < 1.29 is 19.4 Å². The van der Waals surface area contributed by atoms with E-state index in [1.54, 1.807) is 6.92 Å². The zero-order valence-electron chi connectivity index (χ0n) is 18.0. The molecule has 5 nitrogen and oxygen atoms in total. The highest BCUT2D eigenvalue weighted by atomic mass is 16.5. The van der Waals surface area contributed by atoms with Gasteiger partial charge in [-0.05, 0) is 47.7 Å². The number of benzene rings is 2. The maximum atomic E-state index is 13.0. The number of aliphatic hydroxyl groups excluding tert-OH is 1. The van der Waals surface area contributed by atoms with Gasteiger partial charge >= 0.3 is 5.97 Å². The van der Waals surface area contributed by atoms with Crippen molar-refractivity contribution in [3.63, 3.8) is 0 Å². The minimum absolute atomic E-state index is 0.0690. The number of hydrogen-bond acceptors (Lipinski definition) is 4. The van der Waals surface area contributed by atoms with Crippen LogP contribution >= 0.6 is 0 Å². The van der Waals surface area contributed by atoms with Crippen LogP contribution in [0.1, 0.15) is 25.0 Å². The van der Waals surface area contributed by atoms with Gasteiger partial charge in [0.15, 0.2) is 0 Å². The molecule has 0 aromatic heterocycles. The van der Waals surface area contributed by atoms with Gasteiger partial charge in [-0.2, -0.15) is 0 Å². The Morgan fingerprint density at radius 2 is 1.94 bits per heavy atom. The van der Waals surface area contributed by atoms with E-state index in [1.165, 1.54) is 11.0 Å². The largest absolute Gasteiger partial charge is 0.457 e. The minimum atomic E-state index is -0.780. The summed E-state index contributed by atoms with van der Waals surface area (Å²) in [7, 11) is 0. The van der Waals surface area contributed by atoms with E-state index in [4.69, 9.17) is 4.74 Å². The number of carbonyl (C=O) groups is 2. The molecule has 1 amide bonds. The Labute approximate surface area is 182 Å². The highest BCUT2D eigenvalue weighted by Gasteiger charge is 2.60. The Morgan fingerprint density at radius 1 is 1.23 bits per heavy atom. The molecule has 160 valence electrons. The van der Waals surface area contributed by atoms with Crippen LogP contribution in [0.4, 0.5) is 0 Å². The smallest absolute Gasteiger partial charge is 0.355 e. The first-order valence-corrected chi connectivity index (χ1v) is 10.6. The van der Waals surface area contributed by atoms with Crippen molar-refractivity contribution in [3.8, 4) is 11.1 Å². The molecule has 0 radical (unpaired) electrons. The SMILES string of the molecule is C=CCOC(=O)C1=C(c2cc(-c3ccccc3)ccc2C)[C@H](C)[C@@H]2[C@@H]([C@@H](C)O)C(=O)N12. The van der Waals surface area contributed by atoms with Crippen LogP contribution < -0.4 is 0 Å². The zero-order chi connectivity index (χ0) is 22.3. The molecule has 5 heteroatoms. The lowest BCUT2D eigenvalue weighted by molar-refractivity contribution is -0.164. The lowest BCUT2D eigenvalue weighted by Crippen LogP contribution is -2.63. The van der Waals surface area contributed by atoms with Gasteiger partial charge in [-0.3, -0.25) is 4.79 Å². The number of hydrogen-bond donors (Lipinski definition) is 1. The van der Waals surface area contributed by atoms with E-state index in [1.807, 2.05) is 50.2 Å². The molecular formula is C26H27NO4. The van der Waals surface area contributed by atoms with Crippen molar-refractivity contribution in [2.24, 2.45) is 11.8 Å². The molecule has 2 aromatic carbocycles. The number of amides is 1. The van der Waals surface area contributed by atoms with Crippen molar-refractivity contribution in [3.05, 3.63) is 78.0 Å². The fourth-order valence-electron chi connectivity index (χ4n) is 4.84.